The number of nitrogens with one attached hydrogen (secondary N) is 1. The minimum atomic E-state index is -5.63. The third-order valence-electron chi connectivity index (χ3n) is 5.13. The highest BCUT2D eigenvalue weighted by molar-refractivity contribution is 7.61. The second-order valence-corrected chi connectivity index (χ2v) is 10.6. The van der Waals surface area contributed by atoms with Crippen molar-refractivity contribution < 1.29 is 71.7 Å². The van der Waals surface area contributed by atoms with E-state index in [2.05, 4.69) is 13.4 Å². The summed E-state index contributed by atoms with van der Waals surface area (Å²) in [5, 5.41) is 49.3. The molecule has 18 nitrogen and oxygen atoms in total. The summed E-state index contributed by atoms with van der Waals surface area (Å²) < 4.78 is 60.7. The summed E-state index contributed by atoms with van der Waals surface area (Å²) in [6.45, 7) is -2.44. The predicted octanol–water partition coefficient (Wildman–Crippen LogP) is -3.82. The molecular formula is C15H23FN2O16P2. The van der Waals surface area contributed by atoms with Crippen molar-refractivity contribution in [2.45, 2.75) is 55.2 Å². The SMILES string of the molecule is O=c1ccn([C@@H]2O[C@H](COP(=O)(O)OP(=O)(O)O[C@H]3O[C@H](CF)[C@@H](O)[C@H](O)[C@H]3O)[C@@H](O)[C@H]2O)c(=O)[nH]1. The van der Waals surface area contributed by atoms with Gasteiger partial charge in [-0.2, -0.15) is 4.31 Å². The van der Waals surface area contributed by atoms with Crippen molar-refractivity contribution >= 4 is 15.6 Å². The minimum Gasteiger partial charge on any atom is -0.387 e. The van der Waals surface area contributed by atoms with E-state index in [0.717, 1.165) is 12.3 Å². The molecular weight excluding hydrogens is 545 g/mol. The van der Waals surface area contributed by atoms with E-state index in [1.807, 2.05) is 4.98 Å². The van der Waals surface area contributed by atoms with Crippen molar-refractivity contribution in [1.82, 2.24) is 9.55 Å². The number of H-pyrrole nitrogens is 1. The van der Waals surface area contributed by atoms with E-state index >= 15 is 0 Å². The maximum atomic E-state index is 12.9. The number of nitrogens with zero attached hydrogens (tertiary/aromatic N) is 1. The average Bonchev–Trinajstić information content (AvgIpc) is 3.06. The van der Waals surface area contributed by atoms with Crippen LogP contribution in [-0.4, -0.2) is 107 Å². The standard InChI is InChI=1S/C15H23FN2O16P2/c16-3-5-8(20)10(22)12(24)14(32-5)33-36(28,29)34-35(26,27)30-4-6-9(21)11(23)13(31-6)18-2-1-7(19)17-15(18)25/h1-2,5-6,8-14,20-24H,3-4H2,(H,26,27)(H,28,29)(H,17,19,25)/t5-,6-,8-,9-,10+,11-,12-,13-,14-/m1/s1. The Kier molecular flexibility index (Phi) is 9.02. The lowest BCUT2D eigenvalue weighted by Gasteiger charge is -2.39. The molecule has 2 saturated heterocycles. The zero-order valence-corrected chi connectivity index (χ0v) is 19.6. The van der Waals surface area contributed by atoms with Gasteiger partial charge >= 0.3 is 21.3 Å². The van der Waals surface area contributed by atoms with Crippen molar-refractivity contribution in [3.63, 3.8) is 0 Å². The predicted molar refractivity (Wildman–Crippen MR) is 108 cm³/mol. The molecule has 0 amide bonds. The molecule has 2 aliphatic rings. The summed E-state index contributed by atoms with van der Waals surface area (Å²) in [7, 11) is -11.1. The lowest BCUT2D eigenvalue weighted by molar-refractivity contribution is -0.277. The molecule has 8 N–H and O–H groups in total. The Morgan fingerprint density at radius 3 is 2.19 bits per heavy atom. The number of hydrogen-bond donors (Lipinski definition) is 8. The van der Waals surface area contributed by atoms with Crippen LogP contribution < -0.4 is 11.2 Å². The fourth-order valence-electron chi connectivity index (χ4n) is 3.33. The van der Waals surface area contributed by atoms with Gasteiger partial charge < -0.3 is 44.8 Å². The van der Waals surface area contributed by atoms with Gasteiger partial charge in [-0.15, -0.1) is 0 Å². The topological polar surface area (TPSA) is 277 Å². The van der Waals surface area contributed by atoms with E-state index in [1.54, 1.807) is 0 Å². The van der Waals surface area contributed by atoms with Crippen LogP contribution in [0.1, 0.15) is 6.23 Å². The van der Waals surface area contributed by atoms with E-state index in [-0.39, 0.29) is 0 Å². The van der Waals surface area contributed by atoms with E-state index in [1.165, 1.54) is 0 Å². The highest BCUT2D eigenvalue weighted by Crippen LogP contribution is 2.61. The van der Waals surface area contributed by atoms with Gasteiger partial charge in [0.25, 0.3) is 5.56 Å². The molecule has 2 fully saturated rings. The Morgan fingerprint density at radius 2 is 1.58 bits per heavy atom. The number of aromatic nitrogens is 2. The molecule has 2 aliphatic heterocycles. The summed E-state index contributed by atoms with van der Waals surface area (Å²) >= 11 is 0. The van der Waals surface area contributed by atoms with Gasteiger partial charge in [0.15, 0.2) is 12.5 Å². The van der Waals surface area contributed by atoms with Crippen LogP contribution in [-0.2, 0) is 32.0 Å². The van der Waals surface area contributed by atoms with Gasteiger partial charge in [0.1, 0.15) is 49.4 Å². The summed E-state index contributed by atoms with van der Waals surface area (Å²) in [4.78, 5) is 44.4. The van der Waals surface area contributed by atoms with E-state index in [4.69, 9.17) is 9.47 Å². The van der Waals surface area contributed by atoms with Crippen LogP contribution in [0.25, 0.3) is 0 Å². The van der Waals surface area contributed by atoms with Crippen LogP contribution in [0.5, 0.6) is 0 Å². The number of ether oxygens (including phenoxy) is 2. The van der Waals surface area contributed by atoms with Crippen LogP contribution in [0, 0.1) is 0 Å². The van der Waals surface area contributed by atoms with Gasteiger partial charge in [-0.25, -0.2) is 18.3 Å². The van der Waals surface area contributed by atoms with E-state index < -0.39 is 95.4 Å². The molecule has 36 heavy (non-hydrogen) atoms. The molecule has 2 unspecified atom stereocenters. The zero-order valence-electron chi connectivity index (χ0n) is 17.8. The quantitative estimate of drug-likeness (QED) is 0.133. The fourth-order valence-corrected chi connectivity index (χ4v) is 5.49. The maximum absolute atomic E-state index is 12.9. The fraction of sp³-hybridized carbons (Fsp3) is 0.733. The second kappa shape index (κ2) is 11.1. The number of aliphatic hydroxyl groups is 5. The van der Waals surface area contributed by atoms with Crippen LogP contribution in [0.4, 0.5) is 4.39 Å². The Hall–Kier alpha value is -1.41. The first-order valence-corrected chi connectivity index (χ1v) is 12.9. The van der Waals surface area contributed by atoms with Crippen LogP contribution >= 0.6 is 15.6 Å². The third kappa shape index (κ3) is 6.53. The Balaban J connectivity index is 1.61. The molecule has 0 aromatic carbocycles. The summed E-state index contributed by atoms with van der Waals surface area (Å²) in [6.07, 6.45) is -16.0. The molecule has 0 saturated carbocycles. The molecule has 0 aliphatic carbocycles. The average molecular weight is 568 g/mol. The van der Waals surface area contributed by atoms with Crippen LogP contribution in [0.15, 0.2) is 21.9 Å². The van der Waals surface area contributed by atoms with Gasteiger partial charge in [-0.05, 0) is 0 Å². The number of aliphatic hydroxyl groups excluding tert-OH is 5. The number of halogens is 1. The molecule has 3 heterocycles. The molecule has 206 valence electrons. The van der Waals surface area contributed by atoms with Gasteiger partial charge in [0.2, 0.25) is 0 Å². The first-order chi connectivity index (χ1) is 16.7. The summed E-state index contributed by atoms with van der Waals surface area (Å²) in [5.74, 6) is 0. The first kappa shape index (κ1) is 29.2. The smallest absolute Gasteiger partial charge is 0.387 e. The first-order valence-electron chi connectivity index (χ1n) is 9.94. The highest BCUT2D eigenvalue weighted by atomic mass is 31.3. The molecule has 0 bridgehead atoms. The summed E-state index contributed by atoms with van der Waals surface area (Å²) in [5.41, 5.74) is -1.76. The van der Waals surface area contributed by atoms with Crippen molar-refractivity contribution in [3.05, 3.63) is 33.1 Å². The molecule has 11 atom stereocenters. The normalized spacial score (nSPS) is 38.4. The van der Waals surface area contributed by atoms with Crippen molar-refractivity contribution in [3.8, 4) is 0 Å². The number of phosphoric acid groups is 2. The lowest BCUT2D eigenvalue weighted by Crippen LogP contribution is -2.58. The number of alkyl halides is 1. The van der Waals surface area contributed by atoms with Gasteiger partial charge in [-0.3, -0.25) is 23.4 Å². The van der Waals surface area contributed by atoms with E-state index in [0.29, 0.717) is 4.57 Å². The van der Waals surface area contributed by atoms with E-state index in [9.17, 15) is 58.4 Å². The van der Waals surface area contributed by atoms with Gasteiger partial charge in [-0.1, -0.05) is 0 Å². The number of rotatable bonds is 9. The molecule has 1 aromatic heterocycles. The van der Waals surface area contributed by atoms with Gasteiger partial charge in [0.05, 0.1) is 6.61 Å². The minimum absolute atomic E-state index is 0.714. The van der Waals surface area contributed by atoms with Crippen molar-refractivity contribution in [1.29, 1.82) is 0 Å². The maximum Gasteiger partial charge on any atom is 0.483 e. The summed E-state index contributed by atoms with van der Waals surface area (Å²) in [6, 6.07) is 0.921. The largest absolute Gasteiger partial charge is 0.483 e. The van der Waals surface area contributed by atoms with Crippen molar-refractivity contribution in [2.24, 2.45) is 0 Å². The van der Waals surface area contributed by atoms with Crippen LogP contribution in [0.3, 0.4) is 0 Å². The highest BCUT2D eigenvalue weighted by Gasteiger charge is 2.49. The molecule has 1 aromatic rings. The third-order valence-corrected chi connectivity index (χ3v) is 7.73. The Morgan fingerprint density at radius 1 is 0.944 bits per heavy atom. The number of aromatic amines is 1. The van der Waals surface area contributed by atoms with Crippen LogP contribution in [0.2, 0.25) is 0 Å². The van der Waals surface area contributed by atoms with Crippen molar-refractivity contribution in [2.75, 3.05) is 13.3 Å². The number of phosphoric ester groups is 2. The van der Waals surface area contributed by atoms with Gasteiger partial charge in [0, 0.05) is 12.3 Å². The zero-order chi connectivity index (χ0) is 27.0. The Labute approximate surface area is 199 Å². The monoisotopic (exact) mass is 568 g/mol. The molecule has 21 heteroatoms. The lowest BCUT2D eigenvalue weighted by atomic mass is 10.00. The molecule has 0 spiro atoms. The second-order valence-electron chi connectivity index (χ2n) is 7.65. The molecule has 3 rings (SSSR count). The number of hydrogen-bond acceptors (Lipinski definition) is 14. The Bertz CT molecular complexity index is 1130. The molecule has 0 radical (unpaired) electrons.